The molecule has 5 nitrogen and oxygen atoms in total. The number of nitrogens with one attached hydrogen (secondary N) is 2. The fourth-order valence-corrected chi connectivity index (χ4v) is 3.19. The van der Waals surface area contributed by atoms with Gasteiger partial charge in [0.05, 0.1) is 0 Å². The van der Waals surface area contributed by atoms with E-state index in [1.807, 2.05) is 0 Å². The van der Waals surface area contributed by atoms with Crippen LogP contribution in [0.4, 0.5) is 0 Å². The fourth-order valence-electron chi connectivity index (χ4n) is 3.19. The summed E-state index contributed by atoms with van der Waals surface area (Å²) in [7, 11) is 0. The Morgan fingerprint density at radius 1 is 0.958 bits per heavy atom. The summed E-state index contributed by atoms with van der Waals surface area (Å²) in [6.07, 6.45) is 2.45. The second kappa shape index (κ2) is 12.5. The highest BCUT2D eigenvalue weighted by Gasteiger charge is 2.17. The summed E-state index contributed by atoms with van der Waals surface area (Å²) < 4.78 is 0. The van der Waals surface area contributed by atoms with E-state index in [0.29, 0.717) is 5.92 Å². The lowest BCUT2D eigenvalue weighted by Crippen LogP contribution is -2.47. The van der Waals surface area contributed by atoms with E-state index in [4.69, 9.17) is 4.99 Å². The van der Waals surface area contributed by atoms with Crippen LogP contribution in [-0.4, -0.2) is 74.7 Å². The van der Waals surface area contributed by atoms with E-state index in [-0.39, 0.29) is 0 Å². The summed E-state index contributed by atoms with van der Waals surface area (Å²) in [4.78, 5) is 9.93. The summed E-state index contributed by atoms with van der Waals surface area (Å²) >= 11 is 0. The first kappa shape index (κ1) is 21.2. The molecule has 1 unspecified atom stereocenters. The SMILES string of the molecule is CCNC(=NCC(C)CN1CCN(CC)CC1)NCC(CC)CC. The molecular formula is C19H41N5. The van der Waals surface area contributed by atoms with Crippen LogP contribution in [0.1, 0.15) is 47.5 Å². The first-order valence-electron chi connectivity index (χ1n) is 10.1. The van der Waals surface area contributed by atoms with Gasteiger partial charge in [0.1, 0.15) is 0 Å². The summed E-state index contributed by atoms with van der Waals surface area (Å²) in [6, 6.07) is 0. The standard InChI is InChI=1S/C19H41N5/c1-6-18(7-2)15-22-19(20-8-3)21-14-17(5)16-24-12-10-23(9-4)11-13-24/h17-18H,6-16H2,1-5H3,(H2,20,21,22). The second-order valence-corrected chi connectivity index (χ2v) is 7.12. The molecule has 24 heavy (non-hydrogen) atoms. The highest BCUT2D eigenvalue weighted by molar-refractivity contribution is 5.79. The maximum absolute atomic E-state index is 4.81. The molecule has 5 heteroatoms. The number of hydrogen-bond donors (Lipinski definition) is 2. The minimum Gasteiger partial charge on any atom is -0.357 e. The smallest absolute Gasteiger partial charge is 0.191 e. The van der Waals surface area contributed by atoms with E-state index in [0.717, 1.165) is 38.1 Å². The third-order valence-corrected chi connectivity index (χ3v) is 5.10. The molecule has 1 atom stereocenters. The van der Waals surface area contributed by atoms with Gasteiger partial charge in [-0.1, -0.05) is 40.5 Å². The van der Waals surface area contributed by atoms with Gasteiger partial charge in [-0.25, -0.2) is 0 Å². The number of piperazine rings is 1. The predicted molar refractivity (Wildman–Crippen MR) is 106 cm³/mol. The molecular weight excluding hydrogens is 298 g/mol. The quantitative estimate of drug-likeness (QED) is 0.473. The topological polar surface area (TPSA) is 42.9 Å². The van der Waals surface area contributed by atoms with Gasteiger partial charge in [-0.05, 0) is 25.3 Å². The van der Waals surface area contributed by atoms with E-state index in [1.54, 1.807) is 0 Å². The van der Waals surface area contributed by atoms with E-state index in [1.165, 1.54) is 45.6 Å². The Bertz CT molecular complexity index is 333. The van der Waals surface area contributed by atoms with Gasteiger partial charge in [0.25, 0.3) is 0 Å². The zero-order valence-electron chi connectivity index (χ0n) is 16.8. The molecule has 0 amide bonds. The van der Waals surface area contributed by atoms with Gasteiger partial charge in [-0.3, -0.25) is 4.99 Å². The molecule has 1 fully saturated rings. The Hall–Kier alpha value is -0.810. The van der Waals surface area contributed by atoms with Crippen molar-refractivity contribution in [3.63, 3.8) is 0 Å². The van der Waals surface area contributed by atoms with Crippen molar-refractivity contribution in [3.8, 4) is 0 Å². The Labute approximate surface area is 150 Å². The number of nitrogens with zero attached hydrogens (tertiary/aromatic N) is 3. The molecule has 0 saturated carbocycles. The summed E-state index contributed by atoms with van der Waals surface area (Å²) in [5.74, 6) is 2.31. The van der Waals surface area contributed by atoms with E-state index < -0.39 is 0 Å². The Balaban J connectivity index is 2.35. The first-order chi connectivity index (χ1) is 11.6. The van der Waals surface area contributed by atoms with E-state index in [9.17, 15) is 0 Å². The van der Waals surface area contributed by atoms with Gasteiger partial charge >= 0.3 is 0 Å². The molecule has 0 bridgehead atoms. The normalized spacial score (nSPS) is 18.8. The Morgan fingerprint density at radius 2 is 1.58 bits per heavy atom. The molecule has 1 heterocycles. The van der Waals surface area contributed by atoms with E-state index in [2.05, 4.69) is 55.1 Å². The fraction of sp³-hybridized carbons (Fsp3) is 0.947. The van der Waals surface area contributed by atoms with Gasteiger partial charge in [0, 0.05) is 52.4 Å². The molecule has 1 aliphatic rings. The van der Waals surface area contributed by atoms with Crippen molar-refractivity contribution >= 4 is 5.96 Å². The number of guanidine groups is 1. The number of likely N-dealkylation sites (N-methyl/N-ethyl adjacent to an activating group) is 1. The summed E-state index contributed by atoms with van der Waals surface area (Å²) in [5, 5.41) is 6.89. The Kier molecular flexibility index (Phi) is 11.1. The van der Waals surface area contributed by atoms with Crippen LogP contribution in [0.25, 0.3) is 0 Å². The van der Waals surface area contributed by atoms with Crippen molar-refractivity contribution < 1.29 is 0 Å². The molecule has 0 aromatic carbocycles. The lowest BCUT2D eigenvalue weighted by molar-refractivity contribution is 0.125. The van der Waals surface area contributed by atoms with Crippen LogP contribution in [0.5, 0.6) is 0 Å². The molecule has 142 valence electrons. The molecule has 0 spiro atoms. The van der Waals surface area contributed by atoms with Crippen molar-refractivity contribution in [2.45, 2.75) is 47.5 Å². The summed E-state index contributed by atoms with van der Waals surface area (Å²) in [6.45, 7) is 21.2. The molecule has 0 aromatic rings. The molecule has 1 aliphatic heterocycles. The lowest BCUT2D eigenvalue weighted by atomic mass is 10.0. The van der Waals surface area contributed by atoms with Crippen molar-refractivity contribution in [3.05, 3.63) is 0 Å². The van der Waals surface area contributed by atoms with E-state index >= 15 is 0 Å². The van der Waals surface area contributed by atoms with Crippen LogP contribution in [0.3, 0.4) is 0 Å². The molecule has 0 aromatic heterocycles. The zero-order valence-corrected chi connectivity index (χ0v) is 16.8. The van der Waals surface area contributed by atoms with Crippen LogP contribution in [-0.2, 0) is 0 Å². The maximum Gasteiger partial charge on any atom is 0.191 e. The van der Waals surface area contributed by atoms with Gasteiger partial charge in [0.15, 0.2) is 5.96 Å². The third kappa shape index (κ3) is 8.34. The van der Waals surface area contributed by atoms with Crippen LogP contribution < -0.4 is 10.6 Å². The number of hydrogen-bond acceptors (Lipinski definition) is 3. The predicted octanol–water partition coefficient (Wildman–Crippen LogP) is 2.25. The maximum atomic E-state index is 4.81. The zero-order chi connectivity index (χ0) is 17.8. The lowest BCUT2D eigenvalue weighted by Gasteiger charge is -2.35. The Morgan fingerprint density at radius 3 is 2.12 bits per heavy atom. The minimum atomic E-state index is 0.599. The average molecular weight is 340 g/mol. The average Bonchev–Trinajstić information content (AvgIpc) is 2.61. The number of rotatable bonds is 10. The molecule has 2 N–H and O–H groups in total. The molecule has 1 saturated heterocycles. The van der Waals surface area contributed by atoms with Crippen molar-refractivity contribution in [2.24, 2.45) is 16.8 Å². The van der Waals surface area contributed by atoms with Gasteiger partial charge in [-0.15, -0.1) is 0 Å². The largest absolute Gasteiger partial charge is 0.357 e. The first-order valence-corrected chi connectivity index (χ1v) is 10.1. The monoisotopic (exact) mass is 339 g/mol. The summed E-state index contributed by atoms with van der Waals surface area (Å²) in [5.41, 5.74) is 0. The van der Waals surface area contributed by atoms with Gasteiger partial charge in [-0.2, -0.15) is 0 Å². The molecule has 0 aliphatic carbocycles. The van der Waals surface area contributed by atoms with Crippen LogP contribution in [0, 0.1) is 11.8 Å². The van der Waals surface area contributed by atoms with Crippen LogP contribution in [0.15, 0.2) is 4.99 Å². The van der Waals surface area contributed by atoms with Crippen molar-refractivity contribution in [2.75, 3.05) is 58.9 Å². The highest BCUT2D eigenvalue weighted by Crippen LogP contribution is 2.07. The number of aliphatic imine (C=N–C) groups is 1. The van der Waals surface area contributed by atoms with Crippen molar-refractivity contribution in [1.82, 2.24) is 20.4 Å². The van der Waals surface area contributed by atoms with Crippen LogP contribution in [0.2, 0.25) is 0 Å². The minimum absolute atomic E-state index is 0.599. The highest BCUT2D eigenvalue weighted by atomic mass is 15.3. The van der Waals surface area contributed by atoms with Gasteiger partial charge < -0.3 is 20.4 Å². The molecule has 0 radical (unpaired) electrons. The third-order valence-electron chi connectivity index (χ3n) is 5.10. The second-order valence-electron chi connectivity index (χ2n) is 7.12. The van der Waals surface area contributed by atoms with Gasteiger partial charge in [0.2, 0.25) is 0 Å². The van der Waals surface area contributed by atoms with Crippen molar-refractivity contribution in [1.29, 1.82) is 0 Å². The molecule has 1 rings (SSSR count). The van der Waals surface area contributed by atoms with Crippen LogP contribution >= 0.6 is 0 Å².